The molecule has 0 radical (unpaired) electrons. The summed E-state index contributed by atoms with van der Waals surface area (Å²) in [5.41, 5.74) is 0. The Balaban J connectivity index is 3.29. The molecule has 0 saturated carbocycles. The molecule has 1 rings (SSSR count). The average Bonchev–Trinajstić information content (AvgIpc) is 2.95. The number of unbranched alkanes of at least 4 members (excludes halogenated alkanes) is 6. The van der Waals surface area contributed by atoms with Crippen molar-refractivity contribution in [3.05, 3.63) is 0 Å². The van der Waals surface area contributed by atoms with E-state index in [0.717, 1.165) is 32.1 Å². The number of hydrogen-bond donors (Lipinski definition) is 5. The van der Waals surface area contributed by atoms with Gasteiger partial charge in [0.2, 0.25) is 29.5 Å². The summed E-state index contributed by atoms with van der Waals surface area (Å²) in [5.74, 6) is -4.04. The lowest BCUT2D eigenvalue weighted by Gasteiger charge is -2.29. The maximum Gasteiger partial charge on any atom is 0.329 e. The highest BCUT2D eigenvalue weighted by Crippen LogP contribution is 2.17. The molecular formula is C33H59N5O7. The van der Waals surface area contributed by atoms with Crippen molar-refractivity contribution in [2.75, 3.05) is 6.54 Å². The van der Waals surface area contributed by atoms with Gasteiger partial charge in [-0.05, 0) is 43.9 Å². The number of ether oxygens (including phenoxy) is 1. The fourth-order valence-corrected chi connectivity index (χ4v) is 5.11. The Morgan fingerprint density at radius 3 is 1.84 bits per heavy atom. The lowest BCUT2D eigenvalue weighted by molar-refractivity contribution is -0.156. The molecule has 45 heavy (non-hydrogen) atoms. The molecule has 0 unspecified atom stereocenters. The van der Waals surface area contributed by atoms with Crippen LogP contribution < -0.4 is 26.6 Å². The van der Waals surface area contributed by atoms with Crippen molar-refractivity contribution < 1.29 is 33.5 Å². The smallest absolute Gasteiger partial charge is 0.329 e. The third-order valence-corrected chi connectivity index (χ3v) is 7.85. The van der Waals surface area contributed by atoms with Gasteiger partial charge in [-0.3, -0.25) is 24.0 Å². The minimum Gasteiger partial charge on any atom is -0.460 e. The Labute approximate surface area is 269 Å². The van der Waals surface area contributed by atoms with Crippen LogP contribution in [0.25, 0.3) is 0 Å². The van der Waals surface area contributed by atoms with Crippen LogP contribution in [0.15, 0.2) is 0 Å². The van der Waals surface area contributed by atoms with E-state index in [4.69, 9.17) is 4.74 Å². The Bertz CT molecular complexity index is 984. The summed E-state index contributed by atoms with van der Waals surface area (Å²) in [6.07, 6.45) is 7.23. The third kappa shape index (κ3) is 15.6. The molecule has 1 fully saturated rings. The Morgan fingerprint density at radius 2 is 1.27 bits per heavy atom. The van der Waals surface area contributed by atoms with Gasteiger partial charge in [0, 0.05) is 0 Å². The number of carbonyl (C=O) groups is 6. The minimum absolute atomic E-state index is 0.0271. The van der Waals surface area contributed by atoms with E-state index in [1.54, 1.807) is 27.7 Å². The average molecular weight is 638 g/mol. The number of esters is 1. The molecular weight excluding hydrogens is 578 g/mol. The van der Waals surface area contributed by atoms with Crippen LogP contribution in [0.1, 0.15) is 120 Å². The first kappa shape index (κ1) is 39.8. The zero-order valence-corrected chi connectivity index (χ0v) is 28.8. The van der Waals surface area contributed by atoms with Crippen molar-refractivity contribution >= 4 is 35.5 Å². The van der Waals surface area contributed by atoms with Crippen LogP contribution in [0.4, 0.5) is 0 Å². The van der Waals surface area contributed by atoms with E-state index in [2.05, 4.69) is 33.5 Å². The van der Waals surface area contributed by atoms with E-state index < -0.39 is 65.8 Å². The van der Waals surface area contributed by atoms with Gasteiger partial charge in [0.05, 0.1) is 13.0 Å². The third-order valence-electron chi connectivity index (χ3n) is 7.85. The normalized spacial score (nSPS) is 25.0. The summed E-state index contributed by atoms with van der Waals surface area (Å²) in [4.78, 5) is 78.7. The molecule has 5 N–H and O–H groups in total. The minimum atomic E-state index is -1.02. The molecule has 5 amide bonds. The van der Waals surface area contributed by atoms with Crippen molar-refractivity contribution in [2.45, 2.75) is 150 Å². The Kier molecular flexibility index (Phi) is 18.4. The molecule has 258 valence electrons. The van der Waals surface area contributed by atoms with Gasteiger partial charge in [0.15, 0.2) is 0 Å². The van der Waals surface area contributed by atoms with Gasteiger partial charge in [-0.15, -0.1) is 0 Å². The second kappa shape index (κ2) is 20.8. The number of hydrogen-bond acceptors (Lipinski definition) is 7. The van der Waals surface area contributed by atoms with Gasteiger partial charge < -0.3 is 31.3 Å². The maximum absolute atomic E-state index is 13.5. The van der Waals surface area contributed by atoms with E-state index in [1.165, 1.54) is 19.8 Å². The highest BCUT2D eigenvalue weighted by molar-refractivity contribution is 5.95. The molecule has 0 aromatic rings. The second-order valence-corrected chi connectivity index (χ2v) is 13.4. The highest BCUT2D eigenvalue weighted by Gasteiger charge is 2.34. The zero-order valence-electron chi connectivity index (χ0n) is 28.8. The van der Waals surface area contributed by atoms with Gasteiger partial charge in [-0.1, -0.05) is 87.0 Å². The first-order valence-corrected chi connectivity index (χ1v) is 16.8. The largest absolute Gasteiger partial charge is 0.460 e. The predicted octanol–water partition coefficient (Wildman–Crippen LogP) is 2.88. The van der Waals surface area contributed by atoms with Crippen LogP contribution in [0.3, 0.4) is 0 Å². The van der Waals surface area contributed by atoms with Crippen LogP contribution in [-0.4, -0.2) is 72.3 Å². The molecule has 1 heterocycles. The molecule has 0 aromatic heterocycles. The number of carbonyl (C=O) groups excluding carboxylic acids is 6. The second-order valence-electron chi connectivity index (χ2n) is 13.4. The lowest BCUT2D eigenvalue weighted by atomic mass is 9.98. The predicted molar refractivity (Wildman–Crippen MR) is 173 cm³/mol. The first-order valence-electron chi connectivity index (χ1n) is 16.8. The van der Waals surface area contributed by atoms with Crippen LogP contribution in [0.2, 0.25) is 0 Å². The Hall–Kier alpha value is -3.18. The maximum atomic E-state index is 13.5. The van der Waals surface area contributed by atoms with E-state index in [9.17, 15) is 28.8 Å². The van der Waals surface area contributed by atoms with Gasteiger partial charge in [0.25, 0.3) is 0 Å². The van der Waals surface area contributed by atoms with E-state index >= 15 is 0 Å². The molecule has 0 aliphatic carbocycles. The molecule has 0 bridgehead atoms. The zero-order chi connectivity index (χ0) is 34.1. The first-order chi connectivity index (χ1) is 21.2. The van der Waals surface area contributed by atoms with E-state index in [1.807, 2.05) is 13.8 Å². The fourth-order valence-electron chi connectivity index (χ4n) is 5.11. The van der Waals surface area contributed by atoms with Crippen molar-refractivity contribution in [2.24, 2.45) is 17.8 Å². The quantitative estimate of drug-likeness (QED) is 0.162. The topological polar surface area (TPSA) is 172 Å². The van der Waals surface area contributed by atoms with Crippen molar-refractivity contribution in [3.8, 4) is 0 Å². The van der Waals surface area contributed by atoms with E-state index in [-0.39, 0.29) is 30.7 Å². The molecule has 0 spiro atoms. The van der Waals surface area contributed by atoms with E-state index in [0.29, 0.717) is 12.8 Å². The summed E-state index contributed by atoms with van der Waals surface area (Å²) in [5, 5.41) is 13.3. The van der Waals surface area contributed by atoms with Crippen LogP contribution >= 0.6 is 0 Å². The van der Waals surface area contributed by atoms with Crippen LogP contribution in [-0.2, 0) is 33.5 Å². The summed E-state index contributed by atoms with van der Waals surface area (Å²) in [7, 11) is 0. The highest BCUT2D eigenvalue weighted by atomic mass is 16.5. The van der Waals surface area contributed by atoms with Gasteiger partial charge in [0.1, 0.15) is 30.3 Å². The SMILES string of the molecule is CCCCCCCCC[C@H]1CC(=O)NCC(=O)N[C@@H](C)C(=O)N[C@@H](C(C)C)C(=O)N[C@H](CC(C)C)C(=O)N[C@@H](C(C)C)C(=O)O1. The lowest BCUT2D eigenvalue weighted by Crippen LogP contribution is -2.59. The molecule has 1 aliphatic rings. The standard InChI is InChI=1S/C33H59N5O7/c1-9-10-11-12-13-14-15-16-24-18-26(39)34-19-27(40)35-23(8)30(41)37-28(21(4)5)32(43)36-25(17-20(2)3)31(42)38-29(22(6)7)33(44)45-24/h20-25,28-29H,9-19H2,1-8H3,(H,34,39)(H,35,40)(H,36,43)(H,37,41)(H,38,42)/t23-,24-,25+,28-,29-/m0/s1. The number of rotatable bonds is 12. The van der Waals surface area contributed by atoms with Crippen LogP contribution in [0.5, 0.6) is 0 Å². The Morgan fingerprint density at radius 1 is 0.689 bits per heavy atom. The van der Waals surface area contributed by atoms with Crippen molar-refractivity contribution in [1.29, 1.82) is 0 Å². The van der Waals surface area contributed by atoms with Crippen molar-refractivity contribution in [3.63, 3.8) is 0 Å². The number of cyclic esters (lactones) is 1. The van der Waals surface area contributed by atoms with Crippen molar-refractivity contribution in [1.82, 2.24) is 26.6 Å². The monoisotopic (exact) mass is 637 g/mol. The van der Waals surface area contributed by atoms with Gasteiger partial charge in [-0.2, -0.15) is 0 Å². The molecule has 1 aliphatic heterocycles. The summed E-state index contributed by atoms with van der Waals surface area (Å²) < 4.78 is 5.84. The fraction of sp³-hybridized carbons (Fsp3) is 0.818. The molecule has 12 nitrogen and oxygen atoms in total. The summed E-state index contributed by atoms with van der Waals surface area (Å²) in [6, 6.07) is -3.96. The summed E-state index contributed by atoms with van der Waals surface area (Å²) >= 11 is 0. The molecule has 5 atom stereocenters. The molecule has 1 saturated heterocycles. The number of nitrogens with one attached hydrogen (secondary N) is 5. The molecule has 0 aromatic carbocycles. The van der Waals surface area contributed by atoms with Gasteiger partial charge >= 0.3 is 5.97 Å². The van der Waals surface area contributed by atoms with Gasteiger partial charge in [-0.25, -0.2) is 4.79 Å². The summed E-state index contributed by atoms with van der Waals surface area (Å²) in [6.45, 7) is 14.2. The molecule has 12 heteroatoms. The number of amides is 5. The van der Waals surface area contributed by atoms with Crippen LogP contribution in [0, 0.1) is 17.8 Å².